The molecule has 0 radical (unpaired) electrons. The van der Waals surface area contributed by atoms with Crippen LogP contribution in [0.1, 0.15) is 16.1 Å². The fourth-order valence-corrected chi connectivity index (χ4v) is 2.19. The predicted octanol–water partition coefficient (Wildman–Crippen LogP) is 3.48. The Morgan fingerprint density at radius 2 is 2.11 bits per heavy atom. The minimum absolute atomic E-state index is 0.0161. The zero-order chi connectivity index (χ0) is 13.2. The highest BCUT2D eigenvalue weighted by Crippen LogP contribution is 2.27. The summed E-state index contributed by atoms with van der Waals surface area (Å²) in [5, 5.41) is 4.72. The van der Waals surface area contributed by atoms with Gasteiger partial charge in [-0.25, -0.2) is 9.97 Å². The van der Waals surface area contributed by atoms with Crippen LogP contribution in [0.25, 0.3) is 0 Å². The predicted molar refractivity (Wildman–Crippen MR) is 63.4 cm³/mol. The van der Waals surface area contributed by atoms with Crippen LogP contribution in [-0.2, 0) is 12.7 Å². The minimum atomic E-state index is -4.45. The largest absolute Gasteiger partial charge is 0.433 e. The van der Waals surface area contributed by atoms with Gasteiger partial charge >= 0.3 is 6.18 Å². The number of nitrogens with one attached hydrogen (secondary N) is 1. The van der Waals surface area contributed by atoms with Crippen molar-refractivity contribution in [3.05, 3.63) is 39.8 Å². The highest BCUT2D eigenvalue weighted by Gasteiger charge is 2.32. The molecule has 3 nitrogen and oxygen atoms in total. The summed E-state index contributed by atoms with van der Waals surface area (Å²) in [6.07, 6.45) is -3.35. The Morgan fingerprint density at radius 1 is 1.33 bits per heavy atom. The van der Waals surface area contributed by atoms with Gasteiger partial charge < -0.3 is 5.32 Å². The van der Waals surface area contributed by atoms with Gasteiger partial charge in [0.15, 0.2) is 0 Å². The number of thiophene rings is 1. The van der Waals surface area contributed by atoms with Crippen molar-refractivity contribution < 1.29 is 13.2 Å². The topological polar surface area (TPSA) is 37.8 Å². The highest BCUT2D eigenvalue weighted by molar-refractivity contribution is 7.10. The molecule has 18 heavy (non-hydrogen) atoms. The molecular weight excluding hydrogens is 263 g/mol. The molecule has 0 fully saturated rings. The molecule has 7 heteroatoms. The lowest BCUT2D eigenvalue weighted by molar-refractivity contribution is -0.141. The molecule has 0 spiro atoms. The number of anilines is 1. The van der Waals surface area contributed by atoms with Crippen LogP contribution in [0.15, 0.2) is 23.7 Å². The van der Waals surface area contributed by atoms with Crippen molar-refractivity contribution in [1.82, 2.24) is 9.97 Å². The van der Waals surface area contributed by atoms with Crippen molar-refractivity contribution in [2.24, 2.45) is 0 Å². The molecule has 0 aliphatic heterocycles. The molecule has 1 N–H and O–H groups in total. The van der Waals surface area contributed by atoms with E-state index in [2.05, 4.69) is 15.3 Å². The van der Waals surface area contributed by atoms with E-state index in [4.69, 9.17) is 0 Å². The molecule has 0 atom stereocenters. The first-order chi connectivity index (χ1) is 8.47. The summed E-state index contributed by atoms with van der Waals surface area (Å²) in [4.78, 5) is 8.25. The summed E-state index contributed by atoms with van der Waals surface area (Å²) in [5.74, 6) is -0.0161. The molecule has 0 unspecified atom stereocenters. The van der Waals surface area contributed by atoms with Crippen LogP contribution in [0.5, 0.6) is 0 Å². The first-order valence-electron chi connectivity index (χ1n) is 5.14. The van der Waals surface area contributed by atoms with E-state index in [1.54, 1.807) is 0 Å². The number of aromatic nitrogens is 2. The molecule has 2 heterocycles. The molecule has 2 rings (SSSR count). The quantitative estimate of drug-likeness (QED) is 0.930. The van der Waals surface area contributed by atoms with Crippen LogP contribution < -0.4 is 5.32 Å². The number of aryl methyl sites for hydroxylation is 1. The van der Waals surface area contributed by atoms with Gasteiger partial charge in [-0.1, -0.05) is 0 Å². The smallest absolute Gasteiger partial charge is 0.349 e. The van der Waals surface area contributed by atoms with E-state index in [1.807, 2.05) is 18.4 Å². The molecular formula is C11H10F3N3S. The Balaban J connectivity index is 2.09. The van der Waals surface area contributed by atoms with E-state index in [1.165, 1.54) is 11.3 Å². The fourth-order valence-electron chi connectivity index (χ4n) is 1.35. The van der Waals surface area contributed by atoms with Crippen molar-refractivity contribution in [1.29, 1.82) is 0 Å². The van der Waals surface area contributed by atoms with Crippen LogP contribution >= 0.6 is 11.3 Å². The van der Waals surface area contributed by atoms with Gasteiger partial charge in [-0.15, -0.1) is 11.3 Å². The number of hydrogen-bond acceptors (Lipinski definition) is 4. The van der Waals surface area contributed by atoms with Crippen LogP contribution in [0.4, 0.5) is 19.1 Å². The minimum Gasteiger partial charge on any atom is -0.349 e. The average Bonchev–Trinajstić information content (AvgIpc) is 2.72. The Bertz CT molecular complexity index is 536. The Kier molecular flexibility index (Phi) is 3.51. The van der Waals surface area contributed by atoms with Gasteiger partial charge in [-0.05, 0) is 30.0 Å². The maximum Gasteiger partial charge on any atom is 0.433 e. The molecule has 0 saturated carbocycles. The molecule has 0 bridgehead atoms. The van der Waals surface area contributed by atoms with Crippen molar-refractivity contribution in [2.75, 3.05) is 5.32 Å². The van der Waals surface area contributed by atoms with Gasteiger partial charge in [-0.3, -0.25) is 0 Å². The third kappa shape index (κ3) is 2.98. The molecule has 2 aromatic rings. The maximum atomic E-state index is 12.4. The first-order valence-corrected chi connectivity index (χ1v) is 6.02. The van der Waals surface area contributed by atoms with Crippen molar-refractivity contribution in [3.63, 3.8) is 0 Å². The monoisotopic (exact) mass is 273 g/mol. The van der Waals surface area contributed by atoms with E-state index < -0.39 is 11.9 Å². The summed E-state index contributed by atoms with van der Waals surface area (Å²) >= 11 is 1.54. The van der Waals surface area contributed by atoms with Crippen LogP contribution in [0.3, 0.4) is 0 Å². The van der Waals surface area contributed by atoms with E-state index >= 15 is 0 Å². The van der Waals surface area contributed by atoms with Crippen molar-refractivity contribution >= 4 is 17.3 Å². The van der Waals surface area contributed by atoms with E-state index in [9.17, 15) is 13.2 Å². The highest BCUT2D eigenvalue weighted by atomic mass is 32.1. The number of halogens is 3. The van der Waals surface area contributed by atoms with Gasteiger partial charge in [0, 0.05) is 11.1 Å². The van der Waals surface area contributed by atoms with Gasteiger partial charge in [0.25, 0.3) is 0 Å². The summed E-state index contributed by atoms with van der Waals surface area (Å²) in [7, 11) is 0. The number of hydrogen-bond donors (Lipinski definition) is 1. The molecule has 0 saturated heterocycles. The van der Waals surface area contributed by atoms with E-state index in [0.717, 1.165) is 22.7 Å². The first kappa shape index (κ1) is 12.8. The zero-order valence-corrected chi connectivity index (χ0v) is 10.3. The van der Waals surface area contributed by atoms with Gasteiger partial charge in [-0.2, -0.15) is 13.2 Å². The molecule has 0 aliphatic carbocycles. The van der Waals surface area contributed by atoms with Gasteiger partial charge in [0.05, 0.1) is 6.54 Å². The second kappa shape index (κ2) is 4.93. The van der Waals surface area contributed by atoms with Crippen LogP contribution in [0.2, 0.25) is 0 Å². The summed E-state index contributed by atoms with van der Waals surface area (Å²) in [6.45, 7) is 2.37. The normalized spacial score (nSPS) is 11.6. The maximum absolute atomic E-state index is 12.4. The molecule has 0 aromatic carbocycles. The summed E-state index contributed by atoms with van der Waals surface area (Å²) < 4.78 is 37.3. The van der Waals surface area contributed by atoms with Gasteiger partial charge in [0.2, 0.25) is 5.95 Å². The van der Waals surface area contributed by atoms with Crippen LogP contribution in [0, 0.1) is 6.92 Å². The summed E-state index contributed by atoms with van der Waals surface area (Å²) in [5.41, 5.74) is 0.155. The lowest BCUT2D eigenvalue weighted by atomic mass is 10.3. The lowest BCUT2D eigenvalue weighted by Crippen LogP contribution is -2.11. The van der Waals surface area contributed by atoms with Crippen LogP contribution in [-0.4, -0.2) is 9.97 Å². The van der Waals surface area contributed by atoms with E-state index in [-0.39, 0.29) is 5.95 Å². The molecule has 0 aliphatic rings. The molecule has 0 amide bonds. The lowest BCUT2D eigenvalue weighted by Gasteiger charge is -2.08. The Labute approximate surface area is 106 Å². The van der Waals surface area contributed by atoms with Crippen molar-refractivity contribution in [2.45, 2.75) is 19.6 Å². The second-order valence-electron chi connectivity index (χ2n) is 3.64. The number of nitrogens with zero attached hydrogens (tertiary/aromatic N) is 2. The second-order valence-corrected chi connectivity index (χ2v) is 4.64. The SMILES string of the molecule is Cc1ccsc1CNc1nccc(C(F)(F)F)n1. The average molecular weight is 273 g/mol. The Hall–Kier alpha value is -1.63. The Morgan fingerprint density at radius 3 is 2.72 bits per heavy atom. The third-order valence-corrected chi connectivity index (χ3v) is 3.34. The summed E-state index contributed by atoms with van der Waals surface area (Å²) in [6, 6.07) is 2.80. The fraction of sp³-hybridized carbons (Fsp3) is 0.273. The number of rotatable bonds is 3. The molecule has 2 aromatic heterocycles. The van der Waals surface area contributed by atoms with Gasteiger partial charge in [0.1, 0.15) is 5.69 Å². The van der Waals surface area contributed by atoms with Crippen molar-refractivity contribution in [3.8, 4) is 0 Å². The third-order valence-electron chi connectivity index (χ3n) is 2.32. The van der Waals surface area contributed by atoms with E-state index in [0.29, 0.717) is 6.54 Å². The zero-order valence-electron chi connectivity index (χ0n) is 9.45. The molecule has 96 valence electrons. The number of alkyl halides is 3. The standard InChI is InChI=1S/C11H10F3N3S/c1-7-3-5-18-8(7)6-16-10-15-4-2-9(17-10)11(12,13)14/h2-5H,6H2,1H3,(H,15,16,17).